The molecule has 0 aromatic rings. The molecule has 1 radical (unpaired) electrons. The number of hydrogen-bond acceptors (Lipinski definition) is 0. The summed E-state index contributed by atoms with van der Waals surface area (Å²) in [6, 6.07) is 0.713. The molecule has 59 valence electrons. The summed E-state index contributed by atoms with van der Waals surface area (Å²) in [5, 5.41) is 4.48. The van der Waals surface area contributed by atoms with E-state index in [9.17, 15) is 0 Å². The quantitative estimate of drug-likeness (QED) is 0.615. The van der Waals surface area contributed by atoms with Gasteiger partial charge in [-0.2, -0.15) is 0 Å². The molecule has 1 rings (SSSR count). The van der Waals surface area contributed by atoms with Crippen molar-refractivity contribution in [3.05, 3.63) is 5.32 Å². The van der Waals surface area contributed by atoms with Crippen molar-refractivity contribution >= 4 is 0 Å². The van der Waals surface area contributed by atoms with Gasteiger partial charge in [0.2, 0.25) is 0 Å². The zero-order valence-electron chi connectivity index (χ0n) is 6.88. The van der Waals surface area contributed by atoms with Gasteiger partial charge in [0, 0.05) is 18.6 Å². The molecule has 1 saturated heterocycles. The fourth-order valence-electron chi connectivity index (χ4n) is 1.43. The Hall–Kier alpha value is 0.544. The Morgan fingerprint density at radius 2 is 2.20 bits per heavy atom. The average molecular weight is 177 g/mol. The van der Waals surface area contributed by atoms with Crippen LogP contribution in [0.2, 0.25) is 0 Å². The minimum atomic E-state index is 0. The molecular formula is C8H16NV-. The monoisotopic (exact) mass is 177 g/mol. The third-order valence-corrected chi connectivity index (χ3v) is 1.83. The van der Waals surface area contributed by atoms with E-state index in [1.54, 1.807) is 0 Å². The summed E-state index contributed by atoms with van der Waals surface area (Å²) in [6.07, 6.45) is 3.98. The van der Waals surface area contributed by atoms with Crippen molar-refractivity contribution < 1.29 is 18.6 Å². The van der Waals surface area contributed by atoms with Crippen molar-refractivity contribution in [2.45, 2.75) is 39.2 Å². The van der Waals surface area contributed by atoms with Gasteiger partial charge >= 0.3 is 0 Å². The molecule has 0 aromatic heterocycles. The van der Waals surface area contributed by atoms with Crippen LogP contribution in [0.3, 0.4) is 0 Å². The molecule has 10 heavy (non-hydrogen) atoms. The van der Waals surface area contributed by atoms with Crippen LogP contribution in [0.4, 0.5) is 0 Å². The second-order valence-corrected chi connectivity index (χ2v) is 3.33. The second-order valence-electron chi connectivity index (χ2n) is 3.33. The third kappa shape index (κ3) is 3.65. The van der Waals surface area contributed by atoms with Crippen molar-refractivity contribution in [2.24, 2.45) is 5.92 Å². The first-order valence-corrected chi connectivity index (χ1v) is 3.95. The zero-order valence-corrected chi connectivity index (χ0v) is 8.27. The van der Waals surface area contributed by atoms with Crippen LogP contribution in [0.5, 0.6) is 0 Å². The molecule has 0 spiro atoms. The van der Waals surface area contributed by atoms with E-state index in [4.69, 9.17) is 0 Å². The Bertz CT molecular complexity index is 77.3. The zero-order chi connectivity index (χ0) is 6.69. The van der Waals surface area contributed by atoms with Crippen LogP contribution in [0, 0.1) is 5.92 Å². The topological polar surface area (TPSA) is 14.1 Å². The van der Waals surface area contributed by atoms with E-state index in [1.165, 1.54) is 19.3 Å². The van der Waals surface area contributed by atoms with E-state index in [0.29, 0.717) is 6.04 Å². The molecule has 1 heterocycles. The van der Waals surface area contributed by atoms with Crippen LogP contribution >= 0.6 is 0 Å². The van der Waals surface area contributed by atoms with Crippen LogP contribution < -0.4 is 0 Å². The van der Waals surface area contributed by atoms with Crippen molar-refractivity contribution in [2.75, 3.05) is 6.54 Å². The molecule has 1 aliphatic rings. The summed E-state index contributed by atoms with van der Waals surface area (Å²) >= 11 is 0. The van der Waals surface area contributed by atoms with Gasteiger partial charge in [0.1, 0.15) is 0 Å². The predicted molar refractivity (Wildman–Crippen MR) is 40.7 cm³/mol. The maximum Gasteiger partial charge on any atom is 0 e. The molecule has 1 aliphatic heterocycles. The fourth-order valence-corrected chi connectivity index (χ4v) is 1.43. The second kappa shape index (κ2) is 5.23. The van der Waals surface area contributed by atoms with Gasteiger partial charge in [0.05, 0.1) is 0 Å². The minimum Gasteiger partial charge on any atom is -0.660 e. The Kier molecular flexibility index (Phi) is 5.51. The molecule has 2 heteroatoms. The maximum absolute atomic E-state index is 4.48. The van der Waals surface area contributed by atoms with Crippen LogP contribution in [0.1, 0.15) is 33.1 Å². The third-order valence-electron chi connectivity index (χ3n) is 1.83. The number of rotatable bonds is 2. The predicted octanol–water partition coefficient (Wildman–Crippen LogP) is 2.57. The van der Waals surface area contributed by atoms with Crippen molar-refractivity contribution in [1.82, 2.24) is 0 Å². The van der Waals surface area contributed by atoms with E-state index in [0.717, 1.165) is 12.5 Å². The summed E-state index contributed by atoms with van der Waals surface area (Å²) in [7, 11) is 0. The van der Waals surface area contributed by atoms with Gasteiger partial charge in [-0.1, -0.05) is 33.1 Å². The van der Waals surface area contributed by atoms with Crippen molar-refractivity contribution in [3.63, 3.8) is 0 Å². The molecular weight excluding hydrogens is 161 g/mol. The average Bonchev–Trinajstić information content (AvgIpc) is 2.15. The smallest absolute Gasteiger partial charge is 0 e. The first kappa shape index (κ1) is 10.5. The first-order valence-electron chi connectivity index (χ1n) is 3.95. The fraction of sp³-hybridized carbons (Fsp3) is 1.00. The summed E-state index contributed by atoms with van der Waals surface area (Å²) in [6.45, 7) is 5.67. The van der Waals surface area contributed by atoms with E-state index >= 15 is 0 Å². The van der Waals surface area contributed by atoms with E-state index in [2.05, 4.69) is 19.2 Å². The largest absolute Gasteiger partial charge is 0.660 e. The van der Waals surface area contributed by atoms with Gasteiger partial charge in [-0.3, -0.25) is 0 Å². The molecule has 0 unspecified atom stereocenters. The molecule has 0 saturated carbocycles. The minimum absolute atomic E-state index is 0. The molecule has 1 nitrogen and oxygen atoms in total. The molecule has 1 atom stereocenters. The molecule has 0 bridgehead atoms. The summed E-state index contributed by atoms with van der Waals surface area (Å²) in [5.74, 6) is 0.830. The van der Waals surface area contributed by atoms with Crippen molar-refractivity contribution in [3.8, 4) is 0 Å². The van der Waals surface area contributed by atoms with E-state index in [-0.39, 0.29) is 18.6 Å². The van der Waals surface area contributed by atoms with Gasteiger partial charge in [-0.25, -0.2) is 0 Å². The van der Waals surface area contributed by atoms with Gasteiger partial charge in [0.25, 0.3) is 0 Å². The normalized spacial score (nSPS) is 24.9. The maximum atomic E-state index is 4.48. The van der Waals surface area contributed by atoms with Gasteiger partial charge in [-0.15, -0.1) is 12.6 Å². The molecule has 1 fully saturated rings. The molecule has 0 amide bonds. The SMILES string of the molecule is CC(C)C[C@@H]1CCC[N-]1.[V]. The van der Waals surface area contributed by atoms with Gasteiger partial charge in [-0.05, 0) is 5.92 Å². The van der Waals surface area contributed by atoms with Crippen molar-refractivity contribution in [1.29, 1.82) is 0 Å². The Labute approximate surface area is 75.8 Å². The van der Waals surface area contributed by atoms with E-state index < -0.39 is 0 Å². The standard InChI is InChI=1S/C8H16N.V/c1-7(2)6-8-4-3-5-9-8;/h7-8H,3-6H2,1-2H3;/q-1;/t8-;/m0./s1. The number of hydrogen-bond donors (Lipinski definition) is 0. The van der Waals surface area contributed by atoms with Crippen LogP contribution in [-0.4, -0.2) is 12.6 Å². The van der Waals surface area contributed by atoms with Gasteiger partial charge < -0.3 is 5.32 Å². The molecule has 0 N–H and O–H groups in total. The van der Waals surface area contributed by atoms with Gasteiger partial charge in [0.15, 0.2) is 0 Å². The summed E-state index contributed by atoms with van der Waals surface area (Å²) in [4.78, 5) is 0. The number of nitrogens with zero attached hydrogens (tertiary/aromatic N) is 1. The van der Waals surface area contributed by atoms with E-state index in [1.807, 2.05) is 0 Å². The Morgan fingerprint density at radius 1 is 1.50 bits per heavy atom. The van der Waals surface area contributed by atoms with Crippen LogP contribution in [-0.2, 0) is 18.6 Å². The van der Waals surface area contributed by atoms with Crippen LogP contribution in [0.25, 0.3) is 5.32 Å². The molecule has 0 aliphatic carbocycles. The Morgan fingerprint density at radius 3 is 2.60 bits per heavy atom. The summed E-state index contributed by atoms with van der Waals surface area (Å²) in [5.41, 5.74) is 0. The summed E-state index contributed by atoms with van der Waals surface area (Å²) < 4.78 is 0. The Balaban J connectivity index is 0.000000810. The molecule has 0 aromatic carbocycles. The van der Waals surface area contributed by atoms with Crippen LogP contribution in [0.15, 0.2) is 0 Å². The first-order chi connectivity index (χ1) is 4.29.